The van der Waals surface area contributed by atoms with Crippen molar-refractivity contribution in [1.82, 2.24) is 0 Å². The van der Waals surface area contributed by atoms with E-state index in [9.17, 15) is 4.39 Å². The molecule has 0 aromatic heterocycles. The van der Waals surface area contributed by atoms with Crippen LogP contribution in [0.15, 0.2) is 18.2 Å². The first kappa shape index (κ1) is 11.0. The van der Waals surface area contributed by atoms with Crippen LogP contribution < -0.4 is 10.5 Å². The third-order valence-electron chi connectivity index (χ3n) is 1.70. The summed E-state index contributed by atoms with van der Waals surface area (Å²) < 4.78 is 18.9. The second-order valence-electron chi connectivity index (χ2n) is 4.14. The highest BCUT2D eigenvalue weighted by molar-refractivity contribution is 5.34. The van der Waals surface area contributed by atoms with Crippen molar-refractivity contribution in [3.63, 3.8) is 0 Å². The van der Waals surface area contributed by atoms with E-state index in [4.69, 9.17) is 10.5 Å². The van der Waals surface area contributed by atoms with Crippen molar-refractivity contribution in [3.05, 3.63) is 29.6 Å². The molecule has 0 aliphatic carbocycles. The molecule has 0 radical (unpaired) electrons. The van der Waals surface area contributed by atoms with Crippen molar-refractivity contribution in [2.24, 2.45) is 5.73 Å². The SMILES string of the molecule is CC(C)(C)Oc1cccc(F)c1CN. The minimum absolute atomic E-state index is 0.151. The lowest BCUT2D eigenvalue weighted by molar-refractivity contribution is 0.128. The average Bonchev–Trinajstić information content (AvgIpc) is 2.01. The molecular weight excluding hydrogens is 181 g/mol. The van der Waals surface area contributed by atoms with E-state index in [1.165, 1.54) is 6.07 Å². The Labute approximate surface area is 83.9 Å². The Morgan fingerprint density at radius 2 is 2.00 bits per heavy atom. The maximum absolute atomic E-state index is 13.3. The maximum atomic E-state index is 13.3. The van der Waals surface area contributed by atoms with Crippen LogP contribution in [0, 0.1) is 5.82 Å². The van der Waals surface area contributed by atoms with Crippen molar-refractivity contribution < 1.29 is 9.13 Å². The van der Waals surface area contributed by atoms with Gasteiger partial charge in [-0.3, -0.25) is 0 Å². The minimum Gasteiger partial charge on any atom is -0.488 e. The normalized spacial score (nSPS) is 11.5. The Hall–Kier alpha value is -1.09. The second-order valence-corrected chi connectivity index (χ2v) is 4.14. The van der Waals surface area contributed by atoms with Crippen LogP contribution in [0.2, 0.25) is 0 Å². The van der Waals surface area contributed by atoms with E-state index in [0.717, 1.165) is 0 Å². The predicted octanol–water partition coefficient (Wildman–Crippen LogP) is 2.46. The van der Waals surface area contributed by atoms with E-state index in [0.29, 0.717) is 11.3 Å². The summed E-state index contributed by atoms with van der Waals surface area (Å²) >= 11 is 0. The molecule has 1 aromatic rings. The molecular formula is C11H16FNO. The quantitative estimate of drug-likeness (QED) is 0.790. The van der Waals surface area contributed by atoms with Crippen LogP contribution in [-0.2, 0) is 6.54 Å². The Morgan fingerprint density at radius 3 is 2.50 bits per heavy atom. The van der Waals surface area contributed by atoms with E-state index < -0.39 is 0 Å². The summed E-state index contributed by atoms with van der Waals surface area (Å²) in [5, 5.41) is 0. The lowest BCUT2D eigenvalue weighted by atomic mass is 10.1. The van der Waals surface area contributed by atoms with Gasteiger partial charge < -0.3 is 10.5 Å². The number of nitrogens with two attached hydrogens (primary N) is 1. The van der Waals surface area contributed by atoms with Gasteiger partial charge in [-0.05, 0) is 32.9 Å². The van der Waals surface area contributed by atoms with Gasteiger partial charge in [0.15, 0.2) is 0 Å². The van der Waals surface area contributed by atoms with Crippen molar-refractivity contribution in [2.75, 3.05) is 0 Å². The standard InChI is InChI=1S/C11H16FNO/c1-11(2,3)14-10-6-4-5-9(12)8(10)7-13/h4-6H,7,13H2,1-3H3. The first-order chi connectivity index (χ1) is 6.44. The van der Waals surface area contributed by atoms with Crippen LogP contribution in [0.4, 0.5) is 4.39 Å². The van der Waals surface area contributed by atoms with Gasteiger partial charge in [-0.25, -0.2) is 4.39 Å². The van der Waals surface area contributed by atoms with Gasteiger partial charge in [0.1, 0.15) is 17.2 Å². The number of rotatable bonds is 2. The molecule has 0 saturated carbocycles. The highest BCUT2D eigenvalue weighted by Crippen LogP contribution is 2.24. The molecule has 0 aliphatic rings. The predicted molar refractivity (Wildman–Crippen MR) is 54.7 cm³/mol. The highest BCUT2D eigenvalue weighted by atomic mass is 19.1. The number of hydrogen-bond donors (Lipinski definition) is 1. The molecule has 0 saturated heterocycles. The van der Waals surface area contributed by atoms with E-state index >= 15 is 0 Å². The number of hydrogen-bond acceptors (Lipinski definition) is 2. The molecule has 0 unspecified atom stereocenters. The van der Waals surface area contributed by atoms with E-state index in [1.807, 2.05) is 20.8 Å². The molecule has 0 aliphatic heterocycles. The summed E-state index contributed by atoms with van der Waals surface area (Å²) in [6, 6.07) is 4.74. The Bertz CT molecular complexity index is 318. The average molecular weight is 197 g/mol. The maximum Gasteiger partial charge on any atom is 0.131 e. The number of ether oxygens (including phenoxy) is 1. The van der Waals surface area contributed by atoms with Gasteiger partial charge in [-0.15, -0.1) is 0 Å². The molecule has 0 fully saturated rings. The van der Waals surface area contributed by atoms with Crippen LogP contribution in [0.5, 0.6) is 5.75 Å². The second kappa shape index (κ2) is 3.96. The Balaban J connectivity index is 3.02. The number of benzene rings is 1. The molecule has 1 rings (SSSR count). The Morgan fingerprint density at radius 1 is 1.36 bits per heavy atom. The fraction of sp³-hybridized carbons (Fsp3) is 0.455. The van der Waals surface area contributed by atoms with Crippen LogP contribution in [0.25, 0.3) is 0 Å². The molecule has 78 valence electrons. The molecule has 0 bridgehead atoms. The largest absolute Gasteiger partial charge is 0.488 e. The van der Waals surface area contributed by atoms with Crippen molar-refractivity contribution in [3.8, 4) is 5.75 Å². The fourth-order valence-corrected chi connectivity index (χ4v) is 1.16. The van der Waals surface area contributed by atoms with Gasteiger partial charge >= 0.3 is 0 Å². The van der Waals surface area contributed by atoms with Crippen molar-refractivity contribution in [1.29, 1.82) is 0 Å². The summed E-state index contributed by atoms with van der Waals surface area (Å²) in [6.07, 6.45) is 0. The summed E-state index contributed by atoms with van der Waals surface area (Å²) in [5.41, 5.74) is 5.55. The van der Waals surface area contributed by atoms with Gasteiger partial charge in [0, 0.05) is 12.1 Å². The van der Waals surface area contributed by atoms with Gasteiger partial charge in [-0.2, -0.15) is 0 Å². The highest BCUT2D eigenvalue weighted by Gasteiger charge is 2.15. The zero-order valence-corrected chi connectivity index (χ0v) is 8.80. The third kappa shape index (κ3) is 2.70. The molecule has 3 heteroatoms. The van der Waals surface area contributed by atoms with Gasteiger partial charge in [0.25, 0.3) is 0 Å². The zero-order chi connectivity index (χ0) is 10.8. The first-order valence-corrected chi connectivity index (χ1v) is 4.60. The van der Waals surface area contributed by atoms with Crippen LogP contribution in [0.3, 0.4) is 0 Å². The molecule has 1 aromatic carbocycles. The summed E-state index contributed by atoms with van der Waals surface area (Å²) in [5.74, 6) is 0.217. The van der Waals surface area contributed by atoms with Gasteiger partial charge in [-0.1, -0.05) is 6.07 Å². The van der Waals surface area contributed by atoms with E-state index in [1.54, 1.807) is 12.1 Å². The molecule has 2 nitrogen and oxygen atoms in total. The summed E-state index contributed by atoms with van der Waals surface area (Å²) in [4.78, 5) is 0. The summed E-state index contributed by atoms with van der Waals surface area (Å²) in [6.45, 7) is 5.90. The van der Waals surface area contributed by atoms with Crippen molar-refractivity contribution >= 4 is 0 Å². The van der Waals surface area contributed by atoms with E-state index in [-0.39, 0.29) is 18.0 Å². The third-order valence-corrected chi connectivity index (χ3v) is 1.70. The van der Waals surface area contributed by atoms with Crippen LogP contribution in [-0.4, -0.2) is 5.60 Å². The van der Waals surface area contributed by atoms with E-state index in [2.05, 4.69) is 0 Å². The monoisotopic (exact) mass is 197 g/mol. The molecule has 0 spiro atoms. The molecule has 0 heterocycles. The fourth-order valence-electron chi connectivity index (χ4n) is 1.16. The topological polar surface area (TPSA) is 35.2 Å². The van der Waals surface area contributed by atoms with Gasteiger partial charge in [0.2, 0.25) is 0 Å². The molecule has 0 atom stereocenters. The minimum atomic E-state index is -0.336. The lowest BCUT2D eigenvalue weighted by Crippen LogP contribution is -2.24. The summed E-state index contributed by atoms with van der Waals surface area (Å²) in [7, 11) is 0. The molecule has 0 amide bonds. The Kier molecular flexibility index (Phi) is 3.11. The first-order valence-electron chi connectivity index (χ1n) is 4.60. The van der Waals surface area contributed by atoms with Crippen LogP contribution in [0.1, 0.15) is 26.3 Å². The smallest absolute Gasteiger partial charge is 0.131 e. The number of halogens is 1. The van der Waals surface area contributed by atoms with Crippen molar-refractivity contribution in [2.45, 2.75) is 32.9 Å². The van der Waals surface area contributed by atoms with Gasteiger partial charge in [0.05, 0.1) is 0 Å². The van der Waals surface area contributed by atoms with Crippen LogP contribution >= 0.6 is 0 Å². The molecule has 14 heavy (non-hydrogen) atoms. The molecule has 2 N–H and O–H groups in total. The zero-order valence-electron chi connectivity index (χ0n) is 8.80. The lowest BCUT2D eigenvalue weighted by Gasteiger charge is -2.23.